The van der Waals surface area contributed by atoms with E-state index in [9.17, 15) is 0 Å². The van der Waals surface area contributed by atoms with Gasteiger partial charge in [0.05, 0.1) is 16.1 Å². The van der Waals surface area contributed by atoms with Crippen molar-refractivity contribution in [3.63, 3.8) is 0 Å². The minimum Gasteiger partial charge on any atom is -0.377 e. The highest BCUT2D eigenvalue weighted by molar-refractivity contribution is 7.11. The molecule has 0 unspecified atom stereocenters. The third-order valence-corrected chi connectivity index (χ3v) is 24.1. The predicted octanol–water partition coefficient (Wildman–Crippen LogP) is 3.38. The van der Waals surface area contributed by atoms with Crippen LogP contribution in [0.15, 0.2) is 0 Å². The molecule has 0 amide bonds. The van der Waals surface area contributed by atoms with E-state index in [2.05, 4.69) is 46.2 Å². The lowest BCUT2D eigenvalue weighted by Crippen LogP contribution is -2.70. The van der Waals surface area contributed by atoms with Crippen LogP contribution in [0.4, 0.5) is 0 Å². The van der Waals surface area contributed by atoms with Crippen LogP contribution in [-0.2, 0) is 13.3 Å². The third-order valence-electron chi connectivity index (χ3n) is 4.42. The zero-order valence-electron chi connectivity index (χ0n) is 13.2. The highest BCUT2D eigenvalue weighted by Crippen LogP contribution is 2.53. The molecule has 0 aliphatic carbocycles. The van der Waals surface area contributed by atoms with Crippen molar-refractivity contribution in [3.05, 3.63) is 0 Å². The molecular formula is C11H30O3Si3. The molecule has 17 heavy (non-hydrogen) atoms. The molecule has 0 saturated carbocycles. The van der Waals surface area contributed by atoms with Gasteiger partial charge in [-0.3, -0.25) is 0 Å². The highest BCUT2D eigenvalue weighted by atomic mass is 28.5. The molecular weight excluding hydrogens is 264 g/mol. The van der Waals surface area contributed by atoms with E-state index in [1.165, 1.54) is 0 Å². The van der Waals surface area contributed by atoms with Gasteiger partial charge in [-0.25, -0.2) is 0 Å². The molecule has 0 heterocycles. The van der Waals surface area contributed by atoms with Gasteiger partial charge in [-0.15, -0.1) is 0 Å². The van der Waals surface area contributed by atoms with Crippen LogP contribution >= 0.6 is 0 Å². The van der Waals surface area contributed by atoms with Crippen LogP contribution in [0.3, 0.4) is 0 Å². The van der Waals surface area contributed by atoms with Crippen molar-refractivity contribution in [3.8, 4) is 0 Å². The normalized spacial score (nSPS) is 15.2. The largest absolute Gasteiger partial charge is 0.500 e. The summed E-state index contributed by atoms with van der Waals surface area (Å²) in [5.41, 5.74) is 0. The van der Waals surface area contributed by atoms with E-state index < -0.39 is 25.0 Å². The van der Waals surface area contributed by atoms with Gasteiger partial charge in [0.2, 0.25) is 0 Å². The molecule has 0 saturated heterocycles. The monoisotopic (exact) mass is 294 g/mol. The summed E-state index contributed by atoms with van der Waals surface area (Å²) in [7, 11) is -0.409. The molecule has 0 rings (SSSR count). The van der Waals surface area contributed by atoms with Crippen molar-refractivity contribution in [1.29, 1.82) is 0 Å². The molecule has 0 spiro atoms. The molecule has 6 heteroatoms. The topological polar surface area (TPSA) is 27.7 Å². The molecule has 3 nitrogen and oxygen atoms in total. The molecule has 0 fully saturated rings. The minimum atomic E-state index is -2.62. The van der Waals surface area contributed by atoms with Gasteiger partial charge in [0, 0.05) is 25.6 Å². The summed E-state index contributed by atoms with van der Waals surface area (Å²) in [5, 5.41) is 0. The standard InChI is InChI=1S/C11H30O3Si3/c1-11(15(5,6)7,16(8,9)10)17(12-2,13-3)14-4/h1-10H3. The van der Waals surface area contributed by atoms with Crippen LogP contribution in [0, 0.1) is 0 Å². The van der Waals surface area contributed by atoms with Gasteiger partial charge in [-0.1, -0.05) is 46.2 Å². The summed E-state index contributed by atoms with van der Waals surface area (Å²) in [6, 6.07) is 0. The summed E-state index contributed by atoms with van der Waals surface area (Å²) in [5.74, 6) is 0. The summed E-state index contributed by atoms with van der Waals surface area (Å²) in [6.07, 6.45) is 0. The maximum absolute atomic E-state index is 5.82. The second-order valence-corrected chi connectivity index (χ2v) is 22.6. The van der Waals surface area contributed by atoms with Gasteiger partial charge in [-0.2, -0.15) is 0 Å². The van der Waals surface area contributed by atoms with Crippen molar-refractivity contribution in [1.82, 2.24) is 0 Å². The van der Waals surface area contributed by atoms with Gasteiger partial charge in [-0.05, 0) is 0 Å². The fourth-order valence-electron chi connectivity index (χ4n) is 2.91. The third kappa shape index (κ3) is 2.62. The number of rotatable bonds is 6. The lowest BCUT2D eigenvalue weighted by molar-refractivity contribution is 0.114. The summed E-state index contributed by atoms with van der Waals surface area (Å²) in [6.45, 7) is 16.7. The Labute approximate surface area is 110 Å². The van der Waals surface area contributed by atoms with E-state index in [1.807, 2.05) is 0 Å². The van der Waals surface area contributed by atoms with Crippen LogP contribution < -0.4 is 0 Å². The van der Waals surface area contributed by atoms with Crippen LogP contribution in [0.25, 0.3) is 0 Å². The first kappa shape index (κ1) is 17.5. The van der Waals surface area contributed by atoms with E-state index in [4.69, 9.17) is 13.3 Å². The van der Waals surface area contributed by atoms with Crippen molar-refractivity contribution in [2.75, 3.05) is 21.3 Å². The zero-order chi connectivity index (χ0) is 14.1. The molecule has 0 aliphatic rings. The van der Waals surface area contributed by atoms with Crippen LogP contribution in [0.1, 0.15) is 6.92 Å². The molecule has 0 aromatic carbocycles. The van der Waals surface area contributed by atoms with Gasteiger partial charge >= 0.3 is 8.80 Å². The Bertz CT molecular complexity index is 229. The highest BCUT2D eigenvalue weighted by Gasteiger charge is 2.68. The maximum Gasteiger partial charge on any atom is 0.500 e. The summed E-state index contributed by atoms with van der Waals surface area (Å²) >= 11 is 0. The Hall–Kier alpha value is 0.531. The first-order valence-electron chi connectivity index (χ1n) is 6.09. The first-order valence-corrected chi connectivity index (χ1v) is 14.8. The lowest BCUT2D eigenvalue weighted by Gasteiger charge is -2.55. The second-order valence-electron chi connectivity index (χ2n) is 6.79. The Balaban J connectivity index is 5.96. The zero-order valence-corrected chi connectivity index (χ0v) is 16.2. The smallest absolute Gasteiger partial charge is 0.377 e. The Morgan fingerprint density at radius 2 is 0.882 bits per heavy atom. The molecule has 0 aliphatic heterocycles. The fraction of sp³-hybridized carbons (Fsp3) is 1.00. The van der Waals surface area contributed by atoms with Crippen molar-refractivity contribution < 1.29 is 13.3 Å². The fourth-order valence-corrected chi connectivity index (χ4v) is 22.8. The summed E-state index contributed by atoms with van der Waals surface area (Å²) in [4.78, 5) is 0. The van der Waals surface area contributed by atoms with E-state index in [0.717, 1.165) is 0 Å². The van der Waals surface area contributed by atoms with Gasteiger partial charge < -0.3 is 13.3 Å². The van der Waals surface area contributed by atoms with E-state index >= 15 is 0 Å². The van der Waals surface area contributed by atoms with E-state index in [-0.39, 0.29) is 4.28 Å². The second kappa shape index (κ2) is 5.26. The lowest BCUT2D eigenvalue weighted by atomic mass is 10.9. The van der Waals surface area contributed by atoms with Crippen LogP contribution in [0.5, 0.6) is 0 Å². The molecule has 0 aromatic rings. The van der Waals surface area contributed by atoms with E-state index in [0.29, 0.717) is 0 Å². The van der Waals surface area contributed by atoms with E-state index in [1.54, 1.807) is 21.3 Å². The van der Waals surface area contributed by atoms with Gasteiger partial charge in [0.25, 0.3) is 0 Å². The van der Waals surface area contributed by atoms with Crippen LogP contribution in [0.2, 0.25) is 43.6 Å². The van der Waals surface area contributed by atoms with Crippen LogP contribution in [-0.4, -0.2) is 46.3 Å². The quantitative estimate of drug-likeness (QED) is 0.703. The number of hydrogen-bond acceptors (Lipinski definition) is 3. The average molecular weight is 295 g/mol. The first-order chi connectivity index (χ1) is 7.43. The van der Waals surface area contributed by atoms with Crippen molar-refractivity contribution in [2.24, 2.45) is 0 Å². The molecule has 104 valence electrons. The Kier molecular flexibility index (Phi) is 5.42. The van der Waals surface area contributed by atoms with Gasteiger partial charge in [0.15, 0.2) is 0 Å². The molecule has 0 aromatic heterocycles. The maximum atomic E-state index is 5.82. The summed E-state index contributed by atoms with van der Waals surface area (Å²) < 4.78 is 17.5. The predicted molar refractivity (Wildman–Crippen MR) is 81.8 cm³/mol. The minimum absolute atomic E-state index is 0.0885. The molecule has 0 N–H and O–H groups in total. The SMILES string of the molecule is CO[Si](OC)(OC)C(C)([Si](C)(C)C)[Si](C)(C)C. The van der Waals surface area contributed by atoms with Crippen molar-refractivity contribution in [2.45, 2.75) is 50.5 Å². The number of hydrogen-bond donors (Lipinski definition) is 0. The average Bonchev–Trinajstić information content (AvgIpc) is 2.17. The van der Waals surface area contributed by atoms with Crippen molar-refractivity contribution >= 4 is 25.0 Å². The molecule has 0 radical (unpaired) electrons. The molecule has 0 bridgehead atoms. The Morgan fingerprint density at radius 3 is 0.941 bits per heavy atom. The Morgan fingerprint density at radius 1 is 0.647 bits per heavy atom. The van der Waals surface area contributed by atoms with Gasteiger partial charge in [0.1, 0.15) is 0 Å². The molecule has 0 atom stereocenters.